The Kier molecular flexibility index (Phi) is 5.88. The highest BCUT2D eigenvalue weighted by Crippen LogP contribution is 2.39. The molecule has 2 aromatic heterocycles. The Morgan fingerprint density at radius 2 is 1.86 bits per heavy atom. The van der Waals surface area contributed by atoms with Crippen molar-refractivity contribution in [2.45, 2.75) is 11.8 Å². The summed E-state index contributed by atoms with van der Waals surface area (Å²) >= 11 is 6.19. The number of benzene rings is 3. The summed E-state index contributed by atoms with van der Waals surface area (Å²) in [6, 6.07) is 17.6. The van der Waals surface area contributed by atoms with Gasteiger partial charge >= 0.3 is 0 Å². The molecule has 0 aliphatic carbocycles. The van der Waals surface area contributed by atoms with Gasteiger partial charge in [0.1, 0.15) is 18.3 Å². The van der Waals surface area contributed by atoms with E-state index in [0.717, 1.165) is 22.3 Å². The molecule has 0 aliphatic rings. The second-order valence-electron chi connectivity index (χ2n) is 7.77. The lowest BCUT2D eigenvalue weighted by molar-refractivity contribution is 0.416. The van der Waals surface area contributed by atoms with Crippen LogP contribution in [0, 0.1) is 6.92 Å². The second kappa shape index (κ2) is 9.01. The van der Waals surface area contributed by atoms with Crippen LogP contribution in [0.25, 0.3) is 33.3 Å². The van der Waals surface area contributed by atoms with Crippen LogP contribution in [0.5, 0.6) is 5.75 Å². The highest BCUT2D eigenvalue weighted by Gasteiger charge is 2.19. The van der Waals surface area contributed by atoms with Crippen LogP contribution in [0.2, 0.25) is 5.02 Å². The molecule has 0 radical (unpaired) electrons. The topological polar surface area (TPSA) is 107 Å². The van der Waals surface area contributed by atoms with E-state index in [0.29, 0.717) is 27.4 Å². The smallest absolute Gasteiger partial charge is 0.263 e. The zero-order chi connectivity index (χ0) is 24.6. The van der Waals surface area contributed by atoms with Gasteiger partial charge < -0.3 is 9.26 Å². The van der Waals surface area contributed by atoms with Gasteiger partial charge in [-0.05, 0) is 66.1 Å². The summed E-state index contributed by atoms with van der Waals surface area (Å²) in [5, 5.41) is 4.92. The minimum atomic E-state index is -3.88. The summed E-state index contributed by atoms with van der Waals surface area (Å²) in [7, 11) is -2.28. The third-order valence-electron chi connectivity index (χ3n) is 5.53. The lowest BCUT2D eigenvalue weighted by Crippen LogP contribution is -2.13. The summed E-state index contributed by atoms with van der Waals surface area (Å²) in [6.45, 7) is 2.00. The SMILES string of the molecule is COc1cc(-c2cccc(Cl)c2)c(C)cc1-c1ncnc2cc(S(=O)(=O)Nc3ccon3)ccc12. The molecule has 0 fully saturated rings. The van der Waals surface area contributed by atoms with Gasteiger partial charge in [-0.2, -0.15) is 0 Å². The Hall–Kier alpha value is -3.95. The van der Waals surface area contributed by atoms with Crippen molar-refractivity contribution < 1.29 is 17.7 Å². The Morgan fingerprint density at radius 3 is 2.60 bits per heavy atom. The maximum absolute atomic E-state index is 12.8. The summed E-state index contributed by atoms with van der Waals surface area (Å²) in [5.41, 5.74) is 4.82. The number of methoxy groups -OCH3 is 1. The molecule has 0 unspecified atom stereocenters. The predicted molar refractivity (Wildman–Crippen MR) is 134 cm³/mol. The van der Waals surface area contributed by atoms with Crippen LogP contribution in [-0.2, 0) is 10.0 Å². The van der Waals surface area contributed by atoms with Crippen LogP contribution in [0.4, 0.5) is 5.82 Å². The van der Waals surface area contributed by atoms with Crippen molar-refractivity contribution in [2.75, 3.05) is 11.8 Å². The molecule has 5 aromatic rings. The summed E-state index contributed by atoms with van der Waals surface area (Å²) < 4.78 is 38.3. The fourth-order valence-corrected chi connectivity index (χ4v) is 5.09. The minimum absolute atomic E-state index is 0.0390. The maximum atomic E-state index is 12.8. The average molecular weight is 507 g/mol. The van der Waals surface area contributed by atoms with Crippen LogP contribution < -0.4 is 9.46 Å². The first kappa shape index (κ1) is 22.8. The Labute approximate surface area is 206 Å². The van der Waals surface area contributed by atoms with Crippen molar-refractivity contribution in [1.29, 1.82) is 0 Å². The van der Waals surface area contributed by atoms with Gasteiger partial charge in [0.25, 0.3) is 10.0 Å². The maximum Gasteiger partial charge on any atom is 0.263 e. The van der Waals surface area contributed by atoms with E-state index in [-0.39, 0.29) is 10.7 Å². The highest BCUT2D eigenvalue weighted by atomic mass is 35.5. The van der Waals surface area contributed by atoms with E-state index in [1.54, 1.807) is 13.2 Å². The monoisotopic (exact) mass is 506 g/mol. The molecule has 2 heterocycles. The van der Waals surface area contributed by atoms with Crippen molar-refractivity contribution in [1.82, 2.24) is 15.1 Å². The van der Waals surface area contributed by atoms with Crippen LogP contribution in [-0.4, -0.2) is 30.7 Å². The number of nitrogens with zero attached hydrogens (tertiary/aromatic N) is 3. The van der Waals surface area contributed by atoms with Crippen LogP contribution >= 0.6 is 11.6 Å². The average Bonchev–Trinajstić information content (AvgIpc) is 3.35. The molecule has 0 amide bonds. The van der Waals surface area contributed by atoms with Gasteiger partial charge in [0.15, 0.2) is 5.82 Å². The fourth-order valence-electron chi connectivity index (χ4n) is 3.89. The molecule has 1 N–H and O–H groups in total. The molecular weight excluding hydrogens is 488 g/mol. The molecule has 0 spiro atoms. The van der Waals surface area contributed by atoms with Crippen molar-refractivity contribution >= 4 is 38.3 Å². The van der Waals surface area contributed by atoms with Crippen molar-refractivity contribution in [3.63, 3.8) is 0 Å². The molecule has 176 valence electrons. The first-order chi connectivity index (χ1) is 16.9. The third kappa shape index (κ3) is 4.43. The van der Waals surface area contributed by atoms with Gasteiger partial charge in [0, 0.05) is 22.0 Å². The van der Waals surface area contributed by atoms with Gasteiger partial charge in [-0.1, -0.05) is 28.9 Å². The zero-order valence-corrected chi connectivity index (χ0v) is 20.3. The van der Waals surface area contributed by atoms with E-state index in [9.17, 15) is 8.42 Å². The van der Waals surface area contributed by atoms with E-state index in [4.69, 9.17) is 16.3 Å². The molecule has 35 heavy (non-hydrogen) atoms. The van der Waals surface area contributed by atoms with Gasteiger partial charge in [-0.3, -0.25) is 4.72 Å². The molecular formula is C25H19ClN4O4S. The highest BCUT2D eigenvalue weighted by molar-refractivity contribution is 7.92. The standard InChI is InChI=1S/C25H19ClN4O4S/c1-15-10-21(23(33-2)13-20(15)16-4-3-5-17(26)11-16)25-19-7-6-18(12-22(19)27-14-28-25)35(31,32)30-24-8-9-34-29-24/h3-14H,1-2H3,(H,29,30). The minimum Gasteiger partial charge on any atom is -0.496 e. The molecule has 0 saturated heterocycles. The lowest BCUT2D eigenvalue weighted by Gasteiger charge is -2.15. The molecule has 0 atom stereocenters. The zero-order valence-electron chi connectivity index (χ0n) is 18.7. The van der Waals surface area contributed by atoms with Crippen LogP contribution in [0.3, 0.4) is 0 Å². The first-order valence-corrected chi connectivity index (χ1v) is 12.3. The van der Waals surface area contributed by atoms with Crippen molar-refractivity contribution in [3.05, 3.63) is 83.8 Å². The first-order valence-electron chi connectivity index (χ1n) is 10.5. The quantitative estimate of drug-likeness (QED) is 0.313. The molecule has 0 aliphatic heterocycles. The summed E-state index contributed by atoms with van der Waals surface area (Å²) in [5.74, 6) is 0.712. The number of ether oxygens (including phenoxy) is 1. The number of halogens is 1. The van der Waals surface area contributed by atoms with E-state index >= 15 is 0 Å². The largest absolute Gasteiger partial charge is 0.496 e. The third-order valence-corrected chi connectivity index (χ3v) is 7.12. The number of fused-ring (bicyclic) bond motifs is 1. The van der Waals surface area contributed by atoms with Gasteiger partial charge in [-0.15, -0.1) is 0 Å². The summed E-state index contributed by atoms with van der Waals surface area (Å²) in [6.07, 6.45) is 2.68. The van der Waals surface area contributed by atoms with Gasteiger partial charge in [0.05, 0.1) is 23.2 Å². The number of hydrogen-bond acceptors (Lipinski definition) is 7. The second-order valence-corrected chi connectivity index (χ2v) is 9.89. The fraction of sp³-hybridized carbons (Fsp3) is 0.0800. The number of nitrogens with one attached hydrogen (secondary N) is 1. The van der Waals surface area contributed by atoms with Crippen LogP contribution in [0.1, 0.15) is 5.56 Å². The molecule has 10 heteroatoms. The van der Waals surface area contributed by atoms with Crippen molar-refractivity contribution in [3.8, 4) is 28.1 Å². The van der Waals surface area contributed by atoms with Crippen molar-refractivity contribution in [2.24, 2.45) is 0 Å². The molecule has 0 saturated carbocycles. The number of rotatable bonds is 6. The molecule has 3 aromatic carbocycles. The Bertz CT molecular complexity index is 1650. The van der Waals surface area contributed by atoms with Gasteiger partial charge in [0.2, 0.25) is 0 Å². The molecule has 0 bridgehead atoms. The number of aryl methyl sites for hydroxylation is 1. The number of sulfonamides is 1. The number of anilines is 1. The van der Waals surface area contributed by atoms with E-state index in [1.807, 2.05) is 43.3 Å². The normalized spacial score (nSPS) is 11.5. The molecule has 5 rings (SSSR count). The van der Waals surface area contributed by atoms with E-state index in [2.05, 4.69) is 24.4 Å². The molecule has 8 nitrogen and oxygen atoms in total. The summed E-state index contributed by atoms with van der Waals surface area (Å²) in [4.78, 5) is 8.83. The predicted octanol–water partition coefficient (Wildman–Crippen LogP) is 5.72. The van der Waals surface area contributed by atoms with E-state index < -0.39 is 10.0 Å². The van der Waals surface area contributed by atoms with Gasteiger partial charge in [-0.25, -0.2) is 18.4 Å². The lowest BCUT2D eigenvalue weighted by atomic mass is 9.95. The Morgan fingerprint density at radius 1 is 1.00 bits per heavy atom. The number of aromatic nitrogens is 3. The van der Waals surface area contributed by atoms with E-state index in [1.165, 1.54) is 30.8 Å². The van der Waals surface area contributed by atoms with Crippen LogP contribution in [0.15, 0.2) is 82.7 Å². The number of hydrogen-bond donors (Lipinski definition) is 1. The Balaban J connectivity index is 1.60.